The van der Waals surface area contributed by atoms with Crippen molar-refractivity contribution in [1.82, 2.24) is 0 Å². The van der Waals surface area contributed by atoms with Crippen LogP contribution in [0.5, 0.6) is 0 Å². The molecule has 0 heterocycles. The molecule has 0 aliphatic heterocycles. The van der Waals surface area contributed by atoms with Gasteiger partial charge >= 0.3 is 0 Å². The Morgan fingerprint density at radius 3 is 2.47 bits per heavy atom. The normalized spacial score (nSPS) is 10.5. The van der Waals surface area contributed by atoms with Crippen LogP contribution in [0.25, 0.3) is 0 Å². The molecule has 0 atom stereocenters. The number of Topliss-reactive ketones (excluding diaryl/α,β-unsaturated/α-hetero) is 1. The van der Waals surface area contributed by atoms with Crippen molar-refractivity contribution in [2.24, 2.45) is 0 Å². The molecule has 0 fully saturated rings. The highest BCUT2D eigenvalue weighted by atomic mass is 35.5. The van der Waals surface area contributed by atoms with Gasteiger partial charge in [0.25, 0.3) is 0 Å². The molecule has 0 aromatic heterocycles. The summed E-state index contributed by atoms with van der Waals surface area (Å²) < 4.78 is 13.0. The largest absolute Gasteiger partial charge is 0.398 e. The number of halogens is 3. The maximum atomic E-state index is 13.0. The molecule has 2 nitrogen and oxygen atoms in total. The number of carbonyl (C=O) groups excluding carboxylic acids is 1. The summed E-state index contributed by atoms with van der Waals surface area (Å²) in [7, 11) is 0. The van der Waals surface area contributed by atoms with Crippen molar-refractivity contribution in [3.8, 4) is 0 Å². The number of hydrogen-bond donors (Lipinski definition) is 1. The molecule has 0 aliphatic carbocycles. The summed E-state index contributed by atoms with van der Waals surface area (Å²) in [6, 6.07) is 8.90. The smallest absolute Gasteiger partial charge is 0.167 e. The van der Waals surface area contributed by atoms with E-state index < -0.39 is 5.82 Å². The Bertz CT molecular complexity index is 643. The third-order valence-electron chi connectivity index (χ3n) is 2.67. The van der Waals surface area contributed by atoms with Gasteiger partial charge in [-0.25, -0.2) is 4.39 Å². The minimum absolute atomic E-state index is 0.000852. The summed E-state index contributed by atoms with van der Waals surface area (Å²) in [5.74, 6) is -0.639. The van der Waals surface area contributed by atoms with Crippen LogP contribution < -0.4 is 5.73 Å². The molecule has 0 saturated carbocycles. The van der Waals surface area contributed by atoms with Crippen LogP contribution in [0.15, 0.2) is 36.4 Å². The van der Waals surface area contributed by atoms with Crippen molar-refractivity contribution in [3.05, 3.63) is 63.4 Å². The quantitative estimate of drug-likeness (QED) is 0.683. The van der Waals surface area contributed by atoms with Crippen molar-refractivity contribution in [3.63, 3.8) is 0 Å². The maximum absolute atomic E-state index is 13.0. The van der Waals surface area contributed by atoms with Gasteiger partial charge in [-0.2, -0.15) is 0 Å². The number of hydrogen-bond acceptors (Lipinski definition) is 2. The van der Waals surface area contributed by atoms with Gasteiger partial charge in [0.2, 0.25) is 0 Å². The van der Waals surface area contributed by atoms with Gasteiger partial charge in [0, 0.05) is 12.0 Å². The molecule has 0 bridgehead atoms. The minimum atomic E-state index is -0.506. The van der Waals surface area contributed by atoms with E-state index in [9.17, 15) is 9.18 Å². The Hall–Kier alpha value is -1.58. The molecule has 0 spiro atoms. The van der Waals surface area contributed by atoms with Gasteiger partial charge in [0.15, 0.2) is 5.78 Å². The summed E-state index contributed by atoms with van der Waals surface area (Å²) in [4.78, 5) is 12.0. The summed E-state index contributed by atoms with van der Waals surface area (Å²) in [6.45, 7) is 0. The Kier molecular flexibility index (Phi) is 4.08. The van der Waals surface area contributed by atoms with Gasteiger partial charge in [-0.1, -0.05) is 29.3 Å². The second-order valence-corrected chi connectivity index (χ2v) is 4.90. The highest BCUT2D eigenvalue weighted by molar-refractivity contribution is 6.33. The molecular weight excluding hydrogens is 288 g/mol. The Balaban J connectivity index is 2.20. The van der Waals surface area contributed by atoms with Crippen molar-refractivity contribution < 1.29 is 9.18 Å². The third kappa shape index (κ3) is 3.25. The first-order valence-electron chi connectivity index (χ1n) is 5.49. The zero-order chi connectivity index (χ0) is 14.0. The first-order valence-corrected chi connectivity index (χ1v) is 6.25. The fraction of sp³-hybridized carbons (Fsp3) is 0.0714. The van der Waals surface area contributed by atoms with Gasteiger partial charge in [-0.15, -0.1) is 0 Å². The molecule has 2 aromatic rings. The lowest BCUT2D eigenvalue weighted by Gasteiger charge is -2.05. The van der Waals surface area contributed by atoms with Crippen molar-refractivity contribution in [1.29, 1.82) is 0 Å². The van der Waals surface area contributed by atoms with E-state index in [1.54, 1.807) is 12.1 Å². The van der Waals surface area contributed by atoms with E-state index in [0.29, 0.717) is 21.8 Å². The maximum Gasteiger partial charge on any atom is 0.167 e. The topological polar surface area (TPSA) is 43.1 Å². The molecule has 0 radical (unpaired) electrons. The minimum Gasteiger partial charge on any atom is -0.398 e. The average molecular weight is 298 g/mol. The number of anilines is 1. The number of nitrogen functional groups attached to an aromatic ring is 1. The lowest BCUT2D eigenvalue weighted by atomic mass is 10.0. The molecule has 2 rings (SSSR count). The van der Waals surface area contributed by atoms with Crippen molar-refractivity contribution in [2.45, 2.75) is 6.42 Å². The van der Waals surface area contributed by atoms with Gasteiger partial charge < -0.3 is 5.73 Å². The van der Waals surface area contributed by atoms with Gasteiger partial charge in [-0.3, -0.25) is 4.79 Å². The molecule has 98 valence electrons. The summed E-state index contributed by atoms with van der Waals surface area (Å²) >= 11 is 11.5. The summed E-state index contributed by atoms with van der Waals surface area (Å²) in [5, 5.41) is 0.405. The number of nitrogens with two attached hydrogens (primary N) is 1. The van der Waals surface area contributed by atoms with E-state index in [1.807, 2.05) is 0 Å². The molecular formula is C14H10Cl2FNO. The zero-order valence-corrected chi connectivity index (χ0v) is 11.3. The molecule has 2 N–H and O–H groups in total. The SMILES string of the molecule is Nc1cc(C(=O)Cc2ccc(F)c(Cl)c2)ccc1Cl. The predicted octanol–water partition coefficient (Wildman–Crippen LogP) is 4.14. The van der Waals surface area contributed by atoms with E-state index in [4.69, 9.17) is 28.9 Å². The Labute approximate surface area is 119 Å². The monoisotopic (exact) mass is 297 g/mol. The second kappa shape index (κ2) is 5.59. The molecule has 0 amide bonds. The van der Waals surface area contributed by atoms with Gasteiger partial charge in [-0.05, 0) is 35.9 Å². The summed E-state index contributed by atoms with van der Waals surface area (Å²) in [5.41, 5.74) is 7.10. The fourth-order valence-corrected chi connectivity index (χ4v) is 1.97. The van der Waals surface area contributed by atoms with Gasteiger partial charge in [0.1, 0.15) is 5.82 Å². The van der Waals surface area contributed by atoms with Crippen LogP contribution in [-0.4, -0.2) is 5.78 Å². The second-order valence-electron chi connectivity index (χ2n) is 4.08. The number of benzene rings is 2. The van der Waals surface area contributed by atoms with Crippen molar-refractivity contribution in [2.75, 3.05) is 5.73 Å². The number of carbonyl (C=O) groups is 1. The predicted molar refractivity (Wildman–Crippen MR) is 75.3 cm³/mol. The average Bonchev–Trinajstić information content (AvgIpc) is 2.37. The van der Waals surface area contributed by atoms with E-state index >= 15 is 0 Å². The van der Waals surface area contributed by atoms with Crippen molar-refractivity contribution >= 4 is 34.7 Å². The fourth-order valence-electron chi connectivity index (χ4n) is 1.65. The molecule has 2 aromatic carbocycles. The molecule has 5 heteroatoms. The van der Waals surface area contributed by atoms with Crippen LogP contribution in [0.1, 0.15) is 15.9 Å². The summed E-state index contributed by atoms with van der Waals surface area (Å²) in [6.07, 6.45) is 0.126. The third-order valence-corrected chi connectivity index (χ3v) is 3.30. The van der Waals surface area contributed by atoms with Crippen LogP contribution >= 0.6 is 23.2 Å². The van der Waals surface area contributed by atoms with Crippen LogP contribution in [0.3, 0.4) is 0 Å². The zero-order valence-electron chi connectivity index (χ0n) is 9.79. The standard InChI is InChI=1S/C14H10Cl2FNO/c15-10-3-2-9(7-13(10)18)14(19)6-8-1-4-12(17)11(16)5-8/h1-5,7H,6,18H2. The lowest BCUT2D eigenvalue weighted by Crippen LogP contribution is -2.04. The first kappa shape index (κ1) is 13.8. The Morgan fingerprint density at radius 1 is 1.11 bits per heavy atom. The van der Waals surface area contributed by atoms with Crippen LogP contribution in [0.4, 0.5) is 10.1 Å². The number of ketones is 1. The van der Waals surface area contributed by atoms with E-state index in [0.717, 1.165) is 0 Å². The molecule has 0 aliphatic rings. The van der Waals surface area contributed by atoms with E-state index in [-0.39, 0.29) is 17.2 Å². The highest BCUT2D eigenvalue weighted by Gasteiger charge is 2.10. The van der Waals surface area contributed by atoms with Crippen LogP contribution in [0.2, 0.25) is 10.0 Å². The Morgan fingerprint density at radius 2 is 1.84 bits per heavy atom. The molecule has 19 heavy (non-hydrogen) atoms. The molecule has 0 saturated heterocycles. The van der Waals surface area contributed by atoms with Crippen LogP contribution in [-0.2, 0) is 6.42 Å². The first-order chi connectivity index (χ1) is 8.97. The molecule has 0 unspecified atom stereocenters. The lowest BCUT2D eigenvalue weighted by molar-refractivity contribution is 0.0993. The van der Waals surface area contributed by atoms with Gasteiger partial charge in [0.05, 0.1) is 15.7 Å². The highest BCUT2D eigenvalue weighted by Crippen LogP contribution is 2.21. The van der Waals surface area contributed by atoms with E-state index in [1.165, 1.54) is 24.3 Å². The van der Waals surface area contributed by atoms with E-state index in [2.05, 4.69) is 0 Å². The number of rotatable bonds is 3. The van der Waals surface area contributed by atoms with Crippen LogP contribution in [0, 0.1) is 5.82 Å².